The molecule has 10 heteroatoms. The van der Waals surface area contributed by atoms with Crippen molar-refractivity contribution in [1.29, 1.82) is 0 Å². The summed E-state index contributed by atoms with van der Waals surface area (Å²) in [6, 6.07) is 8.37. The Kier molecular flexibility index (Phi) is 6.02. The zero-order valence-corrected chi connectivity index (χ0v) is 14.7. The van der Waals surface area contributed by atoms with Gasteiger partial charge in [-0.3, -0.25) is 14.9 Å². The minimum Gasteiger partial charge on any atom is -0.449 e. The molecule has 7 nitrogen and oxygen atoms in total. The summed E-state index contributed by atoms with van der Waals surface area (Å²) in [7, 11) is 0. The number of hydrogen-bond donors (Lipinski definition) is 1. The zero-order valence-electron chi connectivity index (χ0n) is 14.7. The Balaban J connectivity index is 2.19. The van der Waals surface area contributed by atoms with Gasteiger partial charge in [0.2, 0.25) is 0 Å². The molecule has 2 rings (SSSR count). The van der Waals surface area contributed by atoms with Crippen molar-refractivity contribution in [2.75, 3.05) is 5.32 Å². The fourth-order valence-electron chi connectivity index (χ4n) is 2.30. The van der Waals surface area contributed by atoms with Gasteiger partial charge in [-0.2, -0.15) is 13.2 Å². The molecule has 0 aromatic heterocycles. The molecule has 1 atom stereocenters. The molecule has 0 aliphatic rings. The quantitative estimate of drug-likeness (QED) is 0.466. The number of halogens is 3. The van der Waals surface area contributed by atoms with E-state index < -0.39 is 46.0 Å². The van der Waals surface area contributed by atoms with Crippen molar-refractivity contribution in [1.82, 2.24) is 0 Å². The number of non-ortho nitro benzene ring substituents is 1. The summed E-state index contributed by atoms with van der Waals surface area (Å²) in [6.45, 7) is 2.86. The van der Waals surface area contributed by atoms with Crippen molar-refractivity contribution >= 4 is 23.3 Å². The maximum atomic E-state index is 13.2. The predicted molar refractivity (Wildman–Crippen MR) is 92.8 cm³/mol. The van der Waals surface area contributed by atoms with Crippen molar-refractivity contribution < 1.29 is 32.4 Å². The van der Waals surface area contributed by atoms with E-state index in [1.54, 1.807) is 25.1 Å². The Morgan fingerprint density at radius 1 is 1.18 bits per heavy atom. The van der Waals surface area contributed by atoms with Gasteiger partial charge in [0.05, 0.1) is 21.7 Å². The number of hydrogen-bond acceptors (Lipinski definition) is 5. The highest BCUT2D eigenvalue weighted by atomic mass is 19.4. The number of benzene rings is 2. The number of nitro groups is 1. The molecule has 0 unspecified atom stereocenters. The molecule has 28 heavy (non-hydrogen) atoms. The van der Waals surface area contributed by atoms with Crippen molar-refractivity contribution in [2.24, 2.45) is 0 Å². The van der Waals surface area contributed by atoms with Gasteiger partial charge < -0.3 is 10.1 Å². The Labute approximate surface area is 157 Å². The molecule has 2 aromatic carbocycles. The van der Waals surface area contributed by atoms with Gasteiger partial charge >= 0.3 is 12.1 Å². The molecule has 2 aromatic rings. The largest absolute Gasteiger partial charge is 0.449 e. The van der Waals surface area contributed by atoms with Gasteiger partial charge in [0, 0.05) is 12.1 Å². The number of carbonyl (C=O) groups is 2. The lowest BCUT2D eigenvalue weighted by atomic mass is 10.1. The number of alkyl halides is 3. The lowest BCUT2D eigenvalue weighted by molar-refractivity contribution is -0.385. The van der Waals surface area contributed by atoms with Crippen LogP contribution < -0.4 is 5.32 Å². The van der Waals surface area contributed by atoms with Crippen LogP contribution in [0.1, 0.15) is 28.4 Å². The fourth-order valence-corrected chi connectivity index (χ4v) is 2.30. The first kappa shape index (κ1) is 20.9. The van der Waals surface area contributed by atoms with Crippen LogP contribution in [-0.4, -0.2) is 22.9 Å². The maximum absolute atomic E-state index is 13.2. The summed E-state index contributed by atoms with van der Waals surface area (Å²) in [5, 5.41) is 12.7. The Hall–Kier alpha value is -3.43. The van der Waals surface area contributed by atoms with E-state index >= 15 is 0 Å². The van der Waals surface area contributed by atoms with Crippen molar-refractivity contribution in [3.8, 4) is 0 Å². The molecular weight excluding hydrogens is 381 g/mol. The summed E-state index contributed by atoms with van der Waals surface area (Å²) < 4.78 is 44.5. The Bertz CT molecular complexity index is 928. The summed E-state index contributed by atoms with van der Waals surface area (Å²) in [5.41, 5.74) is -2.01. The number of aryl methyl sites for hydroxylation is 1. The SMILES string of the molecule is Cc1ccccc1C(=O)O[C@H](C)C(=O)Nc1ccc([N+](=O)[O-])cc1C(F)(F)F. The minimum absolute atomic E-state index is 0.216. The highest BCUT2D eigenvalue weighted by Gasteiger charge is 2.36. The third-order valence-electron chi connectivity index (χ3n) is 3.80. The van der Waals surface area contributed by atoms with E-state index in [0.29, 0.717) is 11.6 Å². The van der Waals surface area contributed by atoms with Crippen molar-refractivity contribution in [3.63, 3.8) is 0 Å². The monoisotopic (exact) mass is 396 g/mol. The third kappa shape index (κ3) is 4.84. The van der Waals surface area contributed by atoms with Gasteiger partial charge in [0.1, 0.15) is 0 Å². The number of nitrogens with zero attached hydrogens (tertiary/aromatic N) is 1. The number of rotatable bonds is 5. The van der Waals surface area contributed by atoms with Crippen LogP contribution in [0.25, 0.3) is 0 Å². The van der Waals surface area contributed by atoms with Gasteiger partial charge in [0.25, 0.3) is 11.6 Å². The number of carbonyl (C=O) groups excluding carboxylic acids is 2. The average Bonchev–Trinajstić information content (AvgIpc) is 2.61. The molecule has 1 amide bonds. The third-order valence-corrected chi connectivity index (χ3v) is 3.80. The molecule has 0 aliphatic carbocycles. The molecular formula is C18H15F3N2O5. The number of anilines is 1. The first-order valence-electron chi connectivity index (χ1n) is 7.94. The lowest BCUT2D eigenvalue weighted by Crippen LogP contribution is -2.31. The average molecular weight is 396 g/mol. The molecule has 0 bridgehead atoms. The number of amides is 1. The lowest BCUT2D eigenvalue weighted by Gasteiger charge is -2.17. The smallest absolute Gasteiger partial charge is 0.418 e. The normalized spacial score (nSPS) is 12.2. The molecule has 148 valence electrons. The van der Waals surface area contributed by atoms with E-state index in [1.165, 1.54) is 13.0 Å². The van der Waals surface area contributed by atoms with Crippen molar-refractivity contribution in [2.45, 2.75) is 26.1 Å². The van der Waals surface area contributed by atoms with Crippen LogP contribution >= 0.6 is 0 Å². The standard InChI is InChI=1S/C18H15F3N2O5/c1-10-5-3-4-6-13(10)17(25)28-11(2)16(24)22-15-8-7-12(23(26)27)9-14(15)18(19,20)21/h3-9,11H,1-2H3,(H,22,24)/t11-/m1/s1. The minimum atomic E-state index is -4.93. The van der Waals surface area contributed by atoms with Crippen LogP contribution in [0, 0.1) is 17.0 Å². The van der Waals surface area contributed by atoms with Gasteiger partial charge in [-0.25, -0.2) is 4.79 Å². The van der Waals surface area contributed by atoms with E-state index in [4.69, 9.17) is 4.74 Å². The second-order valence-electron chi connectivity index (χ2n) is 5.84. The fraction of sp³-hybridized carbons (Fsp3) is 0.222. The number of ether oxygens (including phenoxy) is 1. The van der Waals surface area contributed by atoms with Gasteiger partial charge in [0.15, 0.2) is 6.10 Å². The van der Waals surface area contributed by atoms with E-state index in [-0.39, 0.29) is 5.56 Å². The van der Waals surface area contributed by atoms with Crippen LogP contribution in [0.15, 0.2) is 42.5 Å². The highest BCUT2D eigenvalue weighted by molar-refractivity contribution is 5.98. The van der Waals surface area contributed by atoms with E-state index in [0.717, 1.165) is 12.1 Å². The molecule has 0 saturated carbocycles. The van der Waals surface area contributed by atoms with Gasteiger partial charge in [-0.15, -0.1) is 0 Å². The first-order chi connectivity index (χ1) is 13.0. The number of esters is 1. The summed E-state index contributed by atoms with van der Waals surface area (Å²) >= 11 is 0. The number of nitro benzene ring substituents is 1. The van der Waals surface area contributed by atoms with Crippen molar-refractivity contribution in [3.05, 3.63) is 69.3 Å². The molecule has 0 radical (unpaired) electrons. The first-order valence-corrected chi connectivity index (χ1v) is 7.94. The van der Waals surface area contributed by atoms with E-state index in [1.807, 2.05) is 5.32 Å². The molecule has 0 fully saturated rings. The van der Waals surface area contributed by atoms with E-state index in [2.05, 4.69) is 0 Å². The summed E-state index contributed by atoms with van der Waals surface area (Å²) in [5.74, 6) is -1.82. The zero-order chi connectivity index (χ0) is 21.1. The summed E-state index contributed by atoms with van der Waals surface area (Å²) in [4.78, 5) is 34.0. The van der Waals surface area contributed by atoms with Crippen LogP contribution in [0.4, 0.5) is 24.5 Å². The van der Waals surface area contributed by atoms with Gasteiger partial charge in [-0.1, -0.05) is 18.2 Å². The second-order valence-corrected chi connectivity index (χ2v) is 5.84. The highest BCUT2D eigenvalue weighted by Crippen LogP contribution is 2.37. The van der Waals surface area contributed by atoms with Crippen LogP contribution in [0.2, 0.25) is 0 Å². The predicted octanol–water partition coefficient (Wildman–Crippen LogP) is 4.11. The molecule has 0 aliphatic heterocycles. The number of nitrogens with one attached hydrogen (secondary N) is 1. The maximum Gasteiger partial charge on any atom is 0.418 e. The molecule has 0 heterocycles. The molecule has 0 saturated heterocycles. The molecule has 0 spiro atoms. The topological polar surface area (TPSA) is 98.5 Å². The van der Waals surface area contributed by atoms with Gasteiger partial charge in [-0.05, 0) is 31.5 Å². The second kappa shape index (κ2) is 8.07. The van der Waals surface area contributed by atoms with E-state index in [9.17, 15) is 32.9 Å². The van der Waals surface area contributed by atoms with Crippen LogP contribution in [0.3, 0.4) is 0 Å². The Morgan fingerprint density at radius 2 is 1.82 bits per heavy atom. The molecule has 1 N–H and O–H groups in total. The van der Waals surface area contributed by atoms with Crippen LogP contribution in [0.5, 0.6) is 0 Å². The Morgan fingerprint density at radius 3 is 2.39 bits per heavy atom. The van der Waals surface area contributed by atoms with Crippen LogP contribution in [-0.2, 0) is 15.7 Å². The summed E-state index contributed by atoms with van der Waals surface area (Å²) in [6.07, 6.45) is -6.33.